The fraction of sp³-hybridized carbons (Fsp3) is 0.250. The highest BCUT2D eigenvalue weighted by molar-refractivity contribution is 7.91. The Kier molecular flexibility index (Phi) is 5.68. The van der Waals surface area contributed by atoms with E-state index in [1.54, 1.807) is 24.3 Å². The monoisotopic (exact) mass is 342 g/mol. The molecule has 0 aliphatic carbocycles. The van der Waals surface area contributed by atoms with Crippen molar-refractivity contribution in [1.82, 2.24) is 0 Å². The summed E-state index contributed by atoms with van der Waals surface area (Å²) >= 11 is 11.6. The minimum absolute atomic E-state index is 0.155. The van der Waals surface area contributed by atoms with Gasteiger partial charge in [-0.3, -0.25) is 0 Å². The molecule has 0 unspecified atom stereocenters. The van der Waals surface area contributed by atoms with E-state index in [4.69, 9.17) is 23.2 Å². The Hall–Kier alpha value is -1.03. The Morgan fingerprint density at radius 1 is 0.667 bits per heavy atom. The molecule has 0 atom stereocenters. The van der Waals surface area contributed by atoms with E-state index in [1.807, 2.05) is 24.3 Å². The molecule has 2 rings (SSSR count). The number of hydrogen-bond acceptors (Lipinski definition) is 2. The van der Waals surface area contributed by atoms with Gasteiger partial charge >= 0.3 is 0 Å². The zero-order valence-corrected chi connectivity index (χ0v) is 13.8. The van der Waals surface area contributed by atoms with E-state index in [0.29, 0.717) is 22.9 Å². The first-order valence-electron chi connectivity index (χ1n) is 6.64. The third kappa shape index (κ3) is 5.70. The zero-order chi connectivity index (χ0) is 15.3. The van der Waals surface area contributed by atoms with Crippen LogP contribution in [0.15, 0.2) is 48.5 Å². The number of benzene rings is 2. The third-order valence-corrected chi connectivity index (χ3v) is 5.39. The number of halogens is 2. The Balaban J connectivity index is 1.87. The van der Waals surface area contributed by atoms with Crippen LogP contribution >= 0.6 is 23.2 Å². The Morgan fingerprint density at radius 3 is 1.33 bits per heavy atom. The molecule has 21 heavy (non-hydrogen) atoms. The number of hydrogen-bond donors (Lipinski definition) is 0. The average molecular weight is 343 g/mol. The second-order valence-corrected chi connectivity index (χ2v) is 8.08. The lowest BCUT2D eigenvalue weighted by Crippen LogP contribution is -2.14. The molecule has 0 saturated carbocycles. The summed E-state index contributed by atoms with van der Waals surface area (Å²) in [5.41, 5.74) is 1.96. The summed E-state index contributed by atoms with van der Waals surface area (Å²) in [5, 5.41) is 1.31. The molecule has 0 spiro atoms. The summed E-state index contributed by atoms with van der Waals surface area (Å²) in [4.78, 5) is 0. The second kappa shape index (κ2) is 7.30. The molecule has 0 fully saturated rings. The molecule has 5 heteroatoms. The normalized spacial score (nSPS) is 11.5. The van der Waals surface area contributed by atoms with E-state index in [1.165, 1.54) is 0 Å². The SMILES string of the molecule is O=S(=O)(CCc1ccc(Cl)cc1)CCc1ccc(Cl)cc1. The molecule has 2 aromatic rings. The molecule has 0 heterocycles. The summed E-state index contributed by atoms with van der Waals surface area (Å²) in [6, 6.07) is 14.5. The highest BCUT2D eigenvalue weighted by atomic mass is 35.5. The summed E-state index contributed by atoms with van der Waals surface area (Å²) in [7, 11) is -3.06. The molecule has 2 nitrogen and oxygen atoms in total. The van der Waals surface area contributed by atoms with E-state index in [0.717, 1.165) is 11.1 Å². The summed E-state index contributed by atoms with van der Waals surface area (Å²) in [6.45, 7) is 0. The average Bonchev–Trinajstić information content (AvgIpc) is 2.46. The van der Waals surface area contributed by atoms with Crippen LogP contribution in [0.25, 0.3) is 0 Å². The van der Waals surface area contributed by atoms with Gasteiger partial charge in [0.25, 0.3) is 0 Å². The molecule has 0 bridgehead atoms. The van der Waals surface area contributed by atoms with Crippen molar-refractivity contribution in [2.75, 3.05) is 11.5 Å². The molecule has 2 aromatic carbocycles. The van der Waals surface area contributed by atoms with Crippen molar-refractivity contribution in [3.8, 4) is 0 Å². The van der Waals surface area contributed by atoms with Crippen LogP contribution in [0, 0.1) is 0 Å². The van der Waals surface area contributed by atoms with Gasteiger partial charge in [-0.05, 0) is 48.2 Å². The summed E-state index contributed by atoms with van der Waals surface area (Å²) < 4.78 is 24.1. The molecule has 0 aliphatic heterocycles. The van der Waals surface area contributed by atoms with Gasteiger partial charge in [-0.1, -0.05) is 47.5 Å². The molecule has 112 valence electrons. The van der Waals surface area contributed by atoms with Crippen LogP contribution in [0.1, 0.15) is 11.1 Å². The van der Waals surface area contributed by atoms with Crippen LogP contribution in [0.5, 0.6) is 0 Å². The van der Waals surface area contributed by atoms with Crippen molar-refractivity contribution in [3.63, 3.8) is 0 Å². The van der Waals surface area contributed by atoms with Gasteiger partial charge in [0.2, 0.25) is 0 Å². The van der Waals surface area contributed by atoms with Crippen LogP contribution in [-0.2, 0) is 22.7 Å². The van der Waals surface area contributed by atoms with E-state index >= 15 is 0 Å². The van der Waals surface area contributed by atoms with Gasteiger partial charge in [0.1, 0.15) is 0 Å². The van der Waals surface area contributed by atoms with Crippen molar-refractivity contribution in [1.29, 1.82) is 0 Å². The van der Waals surface area contributed by atoms with Gasteiger partial charge in [0, 0.05) is 10.0 Å². The molecule has 0 aliphatic rings. The highest BCUT2D eigenvalue weighted by Gasteiger charge is 2.11. The third-order valence-electron chi connectivity index (χ3n) is 3.23. The van der Waals surface area contributed by atoms with Gasteiger partial charge in [0.05, 0.1) is 11.5 Å². The maximum absolute atomic E-state index is 12.1. The van der Waals surface area contributed by atoms with Gasteiger partial charge in [-0.25, -0.2) is 8.42 Å². The largest absolute Gasteiger partial charge is 0.229 e. The standard InChI is InChI=1S/C16H16Cl2O2S/c17-15-5-1-13(2-6-15)9-11-21(19,20)12-10-14-3-7-16(18)8-4-14/h1-8H,9-12H2. The minimum Gasteiger partial charge on any atom is -0.229 e. The lowest BCUT2D eigenvalue weighted by atomic mass is 10.2. The quantitative estimate of drug-likeness (QED) is 0.788. The van der Waals surface area contributed by atoms with Crippen LogP contribution in [-0.4, -0.2) is 19.9 Å². The van der Waals surface area contributed by atoms with Gasteiger partial charge < -0.3 is 0 Å². The van der Waals surface area contributed by atoms with Gasteiger partial charge in [-0.15, -0.1) is 0 Å². The van der Waals surface area contributed by atoms with Crippen LogP contribution < -0.4 is 0 Å². The number of rotatable bonds is 6. The predicted octanol–water partition coefficient (Wildman–Crippen LogP) is 4.19. The summed E-state index contributed by atoms with van der Waals surface area (Å²) in [5.74, 6) is 0.310. The van der Waals surface area contributed by atoms with Crippen molar-refractivity contribution >= 4 is 33.0 Å². The van der Waals surface area contributed by atoms with Crippen molar-refractivity contribution < 1.29 is 8.42 Å². The van der Waals surface area contributed by atoms with Gasteiger partial charge in [0.15, 0.2) is 9.84 Å². The first-order chi connectivity index (χ1) is 9.94. The molecular weight excluding hydrogens is 327 g/mol. The second-order valence-electron chi connectivity index (χ2n) is 4.90. The molecule has 0 aromatic heterocycles. The Morgan fingerprint density at radius 2 is 1.00 bits per heavy atom. The van der Waals surface area contributed by atoms with E-state index < -0.39 is 9.84 Å². The number of sulfone groups is 1. The smallest absolute Gasteiger partial charge is 0.150 e. The fourth-order valence-corrected chi connectivity index (χ4v) is 3.50. The Labute approximate surface area is 135 Å². The lowest BCUT2D eigenvalue weighted by Gasteiger charge is -2.05. The summed E-state index contributed by atoms with van der Waals surface area (Å²) in [6.07, 6.45) is 1.03. The zero-order valence-electron chi connectivity index (χ0n) is 11.4. The topological polar surface area (TPSA) is 34.1 Å². The van der Waals surface area contributed by atoms with E-state index in [-0.39, 0.29) is 11.5 Å². The van der Waals surface area contributed by atoms with E-state index in [9.17, 15) is 8.42 Å². The Bertz CT molecular complexity index is 622. The highest BCUT2D eigenvalue weighted by Crippen LogP contribution is 2.13. The van der Waals surface area contributed by atoms with Gasteiger partial charge in [-0.2, -0.15) is 0 Å². The maximum Gasteiger partial charge on any atom is 0.150 e. The maximum atomic E-state index is 12.1. The van der Waals surface area contributed by atoms with Crippen LogP contribution in [0.4, 0.5) is 0 Å². The first-order valence-corrected chi connectivity index (χ1v) is 9.22. The van der Waals surface area contributed by atoms with Crippen molar-refractivity contribution in [2.45, 2.75) is 12.8 Å². The van der Waals surface area contributed by atoms with Crippen molar-refractivity contribution in [3.05, 3.63) is 69.7 Å². The molecule has 0 amide bonds. The molecule has 0 radical (unpaired) electrons. The fourth-order valence-electron chi connectivity index (χ4n) is 1.95. The minimum atomic E-state index is -3.06. The number of aryl methyl sites for hydroxylation is 2. The lowest BCUT2D eigenvalue weighted by molar-refractivity contribution is 0.594. The predicted molar refractivity (Wildman–Crippen MR) is 89.0 cm³/mol. The van der Waals surface area contributed by atoms with E-state index in [2.05, 4.69) is 0 Å². The molecule has 0 N–H and O–H groups in total. The van der Waals surface area contributed by atoms with Crippen LogP contribution in [0.3, 0.4) is 0 Å². The van der Waals surface area contributed by atoms with Crippen molar-refractivity contribution in [2.24, 2.45) is 0 Å². The van der Waals surface area contributed by atoms with Crippen LogP contribution in [0.2, 0.25) is 10.0 Å². The molecule has 0 saturated heterocycles. The first kappa shape index (κ1) is 16.3. The molecular formula is C16H16Cl2O2S.